The summed E-state index contributed by atoms with van der Waals surface area (Å²) in [6.07, 6.45) is -0.514. The lowest BCUT2D eigenvalue weighted by atomic mass is 9.97. The Bertz CT molecular complexity index is 270. The fourth-order valence-electron chi connectivity index (χ4n) is 1.23. The summed E-state index contributed by atoms with van der Waals surface area (Å²) < 4.78 is 0. The van der Waals surface area contributed by atoms with Crippen molar-refractivity contribution in [3.05, 3.63) is 21.9 Å². The van der Waals surface area contributed by atoms with E-state index >= 15 is 0 Å². The van der Waals surface area contributed by atoms with Gasteiger partial charge >= 0.3 is 0 Å². The molecular formula is C10H17NOS. The molecule has 0 aliphatic carbocycles. The summed E-state index contributed by atoms with van der Waals surface area (Å²) >= 11 is 1.57. The lowest BCUT2D eigenvalue weighted by molar-refractivity contribution is 0.128. The van der Waals surface area contributed by atoms with Gasteiger partial charge in [-0.15, -0.1) is 11.3 Å². The van der Waals surface area contributed by atoms with Gasteiger partial charge in [-0.2, -0.15) is 0 Å². The fraction of sp³-hybridized carbons (Fsp3) is 0.600. The van der Waals surface area contributed by atoms with Gasteiger partial charge in [-0.05, 0) is 29.9 Å². The number of rotatable bonds is 3. The summed E-state index contributed by atoms with van der Waals surface area (Å²) in [4.78, 5) is 1.00. The number of aliphatic hydroxyl groups is 1. The number of hydrogen-bond acceptors (Lipinski definition) is 3. The summed E-state index contributed by atoms with van der Waals surface area (Å²) in [5.74, 6) is 0.302. The first-order valence-corrected chi connectivity index (χ1v) is 5.39. The van der Waals surface area contributed by atoms with Crippen LogP contribution in [-0.4, -0.2) is 11.1 Å². The van der Waals surface area contributed by atoms with Gasteiger partial charge in [0.2, 0.25) is 0 Å². The lowest BCUT2D eigenvalue weighted by Crippen LogP contribution is -2.33. The van der Waals surface area contributed by atoms with Crippen molar-refractivity contribution in [1.29, 1.82) is 0 Å². The number of aliphatic hydroxyl groups excluding tert-OH is 1. The zero-order valence-electron chi connectivity index (χ0n) is 8.32. The molecule has 0 aromatic carbocycles. The molecule has 0 aliphatic heterocycles. The van der Waals surface area contributed by atoms with Gasteiger partial charge in [-0.25, -0.2) is 0 Å². The minimum absolute atomic E-state index is 0.169. The van der Waals surface area contributed by atoms with Gasteiger partial charge in [0.05, 0.1) is 0 Å². The van der Waals surface area contributed by atoms with Crippen LogP contribution in [-0.2, 0) is 0 Å². The third-order valence-electron chi connectivity index (χ3n) is 2.30. The van der Waals surface area contributed by atoms with Crippen molar-refractivity contribution in [2.45, 2.75) is 32.9 Å². The Hall–Kier alpha value is -0.380. The van der Waals surface area contributed by atoms with E-state index < -0.39 is 6.10 Å². The molecule has 2 atom stereocenters. The van der Waals surface area contributed by atoms with E-state index in [4.69, 9.17) is 5.73 Å². The quantitative estimate of drug-likeness (QED) is 0.783. The van der Waals surface area contributed by atoms with Crippen LogP contribution in [0.1, 0.15) is 30.4 Å². The van der Waals surface area contributed by atoms with E-state index in [0.29, 0.717) is 5.92 Å². The van der Waals surface area contributed by atoms with E-state index in [0.717, 1.165) is 10.4 Å². The molecule has 0 saturated heterocycles. The van der Waals surface area contributed by atoms with Crippen LogP contribution in [0.2, 0.25) is 0 Å². The first kappa shape index (κ1) is 10.7. The maximum Gasteiger partial charge on any atom is 0.104 e. The van der Waals surface area contributed by atoms with E-state index in [1.165, 1.54) is 0 Å². The van der Waals surface area contributed by atoms with Crippen LogP contribution in [0.15, 0.2) is 11.4 Å². The minimum atomic E-state index is -0.514. The van der Waals surface area contributed by atoms with Crippen LogP contribution < -0.4 is 5.73 Å². The van der Waals surface area contributed by atoms with Crippen LogP contribution >= 0.6 is 11.3 Å². The second-order valence-electron chi connectivity index (χ2n) is 3.73. The van der Waals surface area contributed by atoms with Crippen molar-refractivity contribution < 1.29 is 5.11 Å². The summed E-state index contributed by atoms with van der Waals surface area (Å²) in [5, 5.41) is 11.9. The molecule has 0 bridgehead atoms. The van der Waals surface area contributed by atoms with Gasteiger partial charge in [0.25, 0.3) is 0 Å². The maximum atomic E-state index is 9.91. The van der Waals surface area contributed by atoms with E-state index in [-0.39, 0.29) is 6.04 Å². The van der Waals surface area contributed by atoms with Gasteiger partial charge in [0.1, 0.15) is 6.10 Å². The van der Waals surface area contributed by atoms with Crippen LogP contribution in [0, 0.1) is 12.8 Å². The van der Waals surface area contributed by atoms with Crippen molar-refractivity contribution in [3.8, 4) is 0 Å². The van der Waals surface area contributed by atoms with Crippen LogP contribution in [0.5, 0.6) is 0 Å². The molecular weight excluding hydrogens is 182 g/mol. The highest BCUT2D eigenvalue weighted by atomic mass is 32.1. The summed E-state index contributed by atoms with van der Waals surface area (Å²) in [6.45, 7) is 6.05. The average molecular weight is 199 g/mol. The number of thiophene rings is 1. The number of aryl methyl sites for hydroxylation is 1. The van der Waals surface area contributed by atoms with E-state index in [1.807, 2.05) is 32.2 Å². The third-order valence-corrected chi connectivity index (χ3v) is 3.39. The molecule has 0 aliphatic rings. The van der Waals surface area contributed by atoms with E-state index in [2.05, 4.69) is 0 Å². The van der Waals surface area contributed by atoms with Gasteiger partial charge in [-0.3, -0.25) is 0 Å². The molecule has 0 saturated carbocycles. The minimum Gasteiger partial charge on any atom is -0.386 e. The van der Waals surface area contributed by atoms with E-state index in [9.17, 15) is 5.11 Å². The molecule has 0 fully saturated rings. The summed E-state index contributed by atoms with van der Waals surface area (Å²) in [5.41, 5.74) is 7.01. The Morgan fingerprint density at radius 1 is 1.46 bits per heavy atom. The topological polar surface area (TPSA) is 46.2 Å². The van der Waals surface area contributed by atoms with Gasteiger partial charge < -0.3 is 10.8 Å². The predicted octanol–water partition coefficient (Wildman–Crippen LogP) is 2.07. The molecule has 3 heteroatoms. The van der Waals surface area contributed by atoms with Crippen molar-refractivity contribution in [3.63, 3.8) is 0 Å². The molecule has 2 nitrogen and oxygen atoms in total. The van der Waals surface area contributed by atoms with Crippen LogP contribution in [0.3, 0.4) is 0 Å². The molecule has 1 heterocycles. The lowest BCUT2D eigenvalue weighted by Gasteiger charge is -2.21. The molecule has 0 spiro atoms. The maximum absolute atomic E-state index is 9.91. The summed E-state index contributed by atoms with van der Waals surface area (Å²) in [7, 11) is 0. The first-order chi connectivity index (χ1) is 6.04. The van der Waals surface area contributed by atoms with E-state index in [1.54, 1.807) is 11.3 Å². The standard InChI is InChI=1S/C10H17NOS/c1-6(2)8(11)9(12)10-7(3)4-5-13-10/h4-6,8-9,12H,11H2,1-3H3/t8-,9-/m1/s1. The Morgan fingerprint density at radius 2 is 2.08 bits per heavy atom. The highest BCUT2D eigenvalue weighted by Crippen LogP contribution is 2.27. The number of nitrogens with two attached hydrogens (primary N) is 1. The molecule has 1 rings (SSSR count). The predicted molar refractivity (Wildman–Crippen MR) is 56.8 cm³/mol. The largest absolute Gasteiger partial charge is 0.386 e. The normalized spacial score (nSPS) is 16.2. The molecule has 13 heavy (non-hydrogen) atoms. The van der Waals surface area contributed by atoms with Crippen molar-refractivity contribution in [2.75, 3.05) is 0 Å². The highest BCUT2D eigenvalue weighted by Gasteiger charge is 2.22. The first-order valence-electron chi connectivity index (χ1n) is 4.51. The Balaban J connectivity index is 2.79. The van der Waals surface area contributed by atoms with Crippen molar-refractivity contribution in [1.82, 2.24) is 0 Å². The Labute approximate surface area is 83.4 Å². The Morgan fingerprint density at radius 3 is 2.46 bits per heavy atom. The van der Waals surface area contributed by atoms with Gasteiger partial charge in [-0.1, -0.05) is 13.8 Å². The molecule has 0 unspecified atom stereocenters. The molecule has 0 radical (unpaired) electrons. The third kappa shape index (κ3) is 2.30. The van der Waals surface area contributed by atoms with Gasteiger partial charge in [0, 0.05) is 10.9 Å². The highest BCUT2D eigenvalue weighted by molar-refractivity contribution is 7.10. The average Bonchev–Trinajstić information content (AvgIpc) is 2.48. The Kier molecular flexibility index (Phi) is 3.47. The molecule has 3 N–H and O–H groups in total. The van der Waals surface area contributed by atoms with Crippen molar-refractivity contribution >= 4 is 11.3 Å². The van der Waals surface area contributed by atoms with Gasteiger partial charge in [0.15, 0.2) is 0 Å². The fourth-order valence-corrected chi connectivity index (χ4v) is 2.20. The molecule has 74 valence electrons. The number of hydrogen-bond donors (Lipinski definition) is 2. The molecule has 1 aromatic heterocycles. The zero-order chi connectivity index (χ0) is 10.0. The zero-order valence-corrected chi connectivity index (χ0v) is 9.14. The second kappa shape index (κ2) is 4.22. The van der Waals surface area contributed by atoms with Crippen LogP contribution in [0.25, 0.3) is 0 Å². The molecule has 0 amide bonds. The van der Waals surface area contributed by atoms with Crippen molar-refractivity contribution in [2.24, 2.45) is 11.7 Å². The second-order valence-corrected chi connectivity index (χ2v) is 4.68. The SMILES string of the molecule is Cc1ccsc1[C@H](O)[C@H](N)C(C)C. The van der Waals surface area contributed by atoms with Crippen LogP contribution in [0.4, 0.5) is 0 Å². The summed E-state index contributed by atoms with van der Waals surface area (Å²) in [6, 6.07) is 1.84. The smallest absolute Gasteiger partial charge is 0.104 e. The molecule has 1 aromatic rings. The monoisotopic (exact) mass is 199 g/mol.